The predicted octanol–water partition coefficient (Wildman–Crippen LogP) is 1.92. The quantitative estimate of drug-likeness (QED) is 0.851. The van der Waals surface area contributed by atoms with Gasteiger partial charge >= 0.3 is 0 Å². The van der Waals surface area contributed by atoms with E-state index < -0.39 is 0 Å². The smallest absolute Gasteiger partial charge is 0.290 e. The molecule has 1 aliphatic rings. The number of amides is 1. The zero-order chi connectivity index (χ0) is 13.1. The van der Waals surface area contributed by atoms with E-state index in [1.165, 1.54) is 0 Å². The van der Waals surface area contributed by atoms with Crippen LogP contribution in [0.3, 0.4) is 0 Å². The van der Waals surface area contributed by atoms with Crippen molar-refractivity contribution in [3.8, 4) is 0 Å². The largest absolute Gasteiger partial charge is 0.444 e. The SMILES string of the molecule is COC[C@@H]1C[C@H](OC)CN1C(=O)c1ccc(Br)o1. The van der Waals surface area contributed by atoms with Crippen LogP contribution in [0.5, 0.6) is 0 Å². The summed E-state index contributed by atoms with van der Waals surface area (Å²) in [5, 5.41) is 0. The summed E-state index contributed by atoms with van der Waals surface area (Å²) in [4.78, 5) is 14.1. The summed E-state index contributed by atoms with van der Waals surface area (Å²) in [6.07, 6.45) is 0.852. The zero-order valence-corrected chi connectivity index (χ0v) is 12.0. The molecule has 18 heavy (non-hydrogen) atoms. The normalized spacial score (nSPS) is 23.6. The van der Waals surface area contributed by atoms with Crippen molar-refractivity contribution in [2.75, 3.05) is 27.4 Å². The van der Waals surface area contributed by atoms with Gasteiger partial charge in [0.2, 0.25) is 0 Å². The van der Waals surface area contributed by atoms with Gasteiger partial charge in [0.25, 0.3) is 5.91 Å². The van der Waals surface area contributed by atoms with Crippen LogP contribution in [0.4, 0.5) is 0 Å². The molecule has 1 aromatic heterocycles. The lowest BCUT2D eigenvalue weighted by Gasteiger charge is -2.22. The van der Waals surface area contributed by atoms with E-state index in [-0.39, 0.29) is 18.1 Å². The second kappa shape index (κ2) is 5.86. The molecule has 0 N–H and O–H groups in total. The Morgan fingerprint density at radius 1 is 1.56 bits per heavy atom. The second-order valence-electron chi connectivity index (χ2n) is 4.26. The Labute approximate surface area is 114 Å². The first-order valence-electron chi connectivity index (χ1n) is 5.73. The average molecular weight is 318 g/mol. The number of methoxy groups -OCH3 is 2. The van der Waals surface area contributed by atoms with Gasteiger partial charge in [0.05, 0.1) is 18.8 Å². The van der Waals surface area contributed by atoms with Gasteiger partial charge in [0, 0.05) is 20.8 Å². The molecule has 0 aromatic carbocycles. The monoisotopic (exact) mass is 317 g/mol. The van der Waals surface area contributed by atoms with Gasteiger partial charge in [0.1, 0.15) is 0 Å². The number of carbonyl (C=O) groups excluding carboxylic acids is 1. The molecule has 6 heteroatoms. The highest BCUT2D eigenvalue weighted by Crippen LogP contribution is 2.24. The fourth-order valence-corrected chi connectivity index (χ4v) is 2.52. The molecule has 2 heterocycles. The van der Waals surface area contributed by atoms with E-state index in [9.17, 15) is 4.79 Å². The van der Waals surface area contributed by atoms with E-state index in [1.807, 2.05) is 0 Å². The summed E-state index contributed by atoms with van der Waals surface area (Å²) in [6, 6.07) is 3.41. The molecular weight excluding hydrogens is 302 g/mol. The van der Waals surface area contributed by atoms with Crippen molar-refractivity contribution >= 4 is 21.8 Å². The van der Waals surface area contributed by atoms with Crippen LogP contribution < -0.4 is 0 Å². The fraction of sp³-hybridized carbons (Fsp3) is 0.583. The van der Waals surface area contributed by atoms with Crippen LogP contribution in [0.2, 0.25) is 0 Å². The van der Waals surface area contributed by atoms with E-state index in [0.717, 1.165) is 6.42 Å². The maximum atomic E-state index is 12.3. The van der Waals surface area contributed by atoms with Crippen molar-refractivity contribution in [2.24, 2.45) is 0 Å². The Kier molecular flexibility index (Phi) is 4.42. The summed E-state index contributed by atoms with van der Waals surface area (Å²) in [7, 11) is 3.29. The molecule has 100 valence electrons. The molecule has 0 bridgehead atoms. The molecule has 1 fully saturated rings. The van der Waals surface area contributed by atoms with Crippen LogP contribution >= 0.6 is 15.9 Å². The minimum absolute atomic E-state index is 0.0383. The first-order chi connectivity index (χ1) is 8.65. The van der Waals surface area contributed by atoms with Crippen molar-refractivity contribution in [3.05, 3.63) is 22.6 Å². The topological polar surface area (TPSA) is 51.9 Å². The van der Waals surface area contributed by atoms with Crippen molar-refractivity contribution < 1.29 is 18.7 Å². The molecular formula is C12H16BrNO4. The van der Waals surface area contributed by atoms with Crippen molar-refractivity contribution in [1.82, 2.24) is 4.90 Å². The Hall–Kier alpha value is -0.850. The van der Waals surface area contributed by atoms with Crippen LogP contribution in [0.1, 0.15) is 17.0 Å². The van der Waals surface area contributed by atoms with Gasteiger partial charge in [-0.3, -0.25) is 4.79 Å². The molecule has 0 spiro atoms. The average Bonchev–Trinajstić information content (AvgIpc) is 2.95. The van der Waals surface area contributed by atoms with Gasteiger partial charge in [-0.1, -0.05) is 0 Å². The van der Waals surface area contributed by atoms with Crippen LogP contribution in [-0.4, -0.2) is 50.3 Å². The van der Waals surface area contributed by atoms with Crippen molar-refractivity contribution in [2.45, 2.75) is 18.6 Å². The van der Waals surface area contributed by atoms with Crippen LogP contribution in [0, 0.1) is 0 Å². The van der Waals surface area contributed by atoms with E-state index in [2.05, 4.69) is 15.9 Å². The molecule has 1 saturated heterocycles. The lowest BCUT2D eigenvalue weighted by atomic mass is 10.2. The Balaban J connectivity index is 2.12. The minimum atomic E-state index is -0.123. The number of halogens is 1. The molecule has 2 atom stereocenters. The van der Waals surface area contributed by atoms with Gasteiger partial charge in [-0.2, -0.15) is 0 Å². The maximum absolute atomic E-state index is 12.3. The van der Waals surface area contributed by atoms with Gasteiger partial charge in [0.15, 0.2) is 10.4 Å². The molecule has 1 aromatic rings. The van der Waals surface area contributed by atoms with Gasteiger partial charge in [-0.05, 0) is 34.5 Å². The van der Waals surface area contributed by atoms with E-state index in [4.69, 9.17) is 13.9 Å². The standard InChI is InChI=1S/C12H16BrNO4/c1-16-7-8-5-9(17-2)6-14(8)12(15)10-3-4-11(13)18-10/h3-4,8-9H,5-7H2,1-2H3/t8-,9-/m0/s1. The molecule has 1 aliphatic heterocycles. The molecule has 2 rings (SSSR count). The molecule has 0 unspecified atom stereocenters. The van der Waals surface area contributed by atoms with Crippen LogP contribution in [0.15, 0.2) is 21.2 Å². The molecule has 0 aliphatic carbocycles. The Bertz CT molecular complexity index is 420. The summed E-state index contributed by atoms with van der Waals surface area (Å²) < 4.78 is 16.3. The third-order valence-corrected chi connectivity index (χ3v) is 3.54. The highest BCUT2D eigenvalue weighted by molar-refractivity contribution is 9.10. The second-order valence-corrected chi connectivity index (χ2v) is 5.05. The van der Waals surface area contributed by atoms with E-state index in [1.54, 1.807) is 31.3 Å². The summed E-state index contributed by atoms with van der Waals surface area (Å²) in [5.41, 5.74) is 0. The van der Waals surface area contributed by atoms with Crippen molar-refractivity contribution in [1.29, 1.82) is 0 Å². The summed E-state index contributed by atoms with van der Waals surface area (Å²) in [5.74, 6) is 0.210. The van der Waals surface area contributed by atoms with E-state index in [0.29, 0.717) is 23.6 Å². The number of rotatable bonds is 4. The molecule has 0 saturated carbocycles. The zero-order valence-electron chi connectivity index (χ0n) is 10.4. The maximum Gasteiger partial charge on any atom is 0.290 e. The number of nitrogens with zero attached hydrogens (tertiary/aromatic N) is 1. The highest BCUT2D eigenvalue weighted by atomic mass is 79.9. The third-order valence-electron chi connectivity index (χ3n) is 3.11. The van der Waals surface area contributed by atoms with E-state index >= 15 is 0 Å². The van der Waals surface area contributed by atoms with Gasteiger partial charge in [-0.15, -0.1) is 0 Å². The lowest BCUT2D eigenvalue weighted by molar-refractivity contribution is 0.0581. The van der Waals surface area contributed by atoms with Gasteiger partial charge in [-0.25, -0.2) is 0 Å². The Morgan fingerprint density at radius 2 is 2.33 bits per heavy atom. The number of likely N-dealkylation sites (tertiary alicyclic amines) is 1. The predicted molar refractivity (Wildman–Crippen MR) is 68.5 cm³/mol. The first kappa shape index (κ1) is 13.6. The molecule has 0 radical (unpaired) electrons. The number of hydrogen-bond acceptors (Lipinski definition) is 4. The summed E-state index contributed by atoms with van der Waals surface area (Å²) >= 11 is 3.19. The third kappa shape index (κ3) is 2.76. The highest BCUT2D eigenvalue weighted by Gasteiger charge is 2.36. The van der Waals surface area contributed by atoms with Crippen LogP contribution in [-0.2, 0) is 9.47 Å². The Morgan fingerprint density at radius 3 is 2.89 bits per heavy atom. The lowest BCUT2D eigenvalue weighted by Crippen LogP contribution is -2.38. The summed E-state index contributed by atoms with van der Waals surface area (Å²) in [6.45, 7) is 1.08. The van der Waals surface area contributed by atoms with Gasteiger partial charge < -0.3 is 18.8 Å². The first-order valence-corrected chi connectivity index (χ1v) is 6.53. The number of furan rings is 1. The van der Waals surface area contributed by atoms with Crippen LogP contribution in [0.25, 0.3) is 0 Å². The number of ether oxygens (including phenoxy) is 2. The minimum Gasteiger partial charge on any atom is -0.444 e. The fourth-order valence-electron chi connectivity index (χ4n) is 2.21. The number of carbonyl (C=O) groups is 1. The number of hydrogen-bond donors (Lipinski definition) is 0. The van der Waals surface area contributed by atoms with Crippen molar-refractivity contribution in [3.63, 3.8) is 0 Å². The molecule has 5 nitrogen and oxygen atoms in total. The molecule has 1 amide bonds.